The van der Waals surface area contributed by atoms with Gasteiger partial charge in [0.25, 0.3) is 0 Å². The number of rotatable bonds is 8. The van der Waals surface area contributed by atoms with Gasteiger partial charge < -0.3 is 14.1 Å². The Morgan fingerprint density at radius 2 is 2.19 bits per heavy atom. The van der Waals surface area contributed by atoms with Gasteiger partial charge in [0, 0.05) is 32.5 Å². The number of ether oxygens (including phenoxy) is 1. The van der Waals surface area contributed by atoms with E-state index in [9.17, 15) is 4.79 Å². The van der Waals surface area contributed by atoms with Crippen molar-refractivity contribution < 1.29 is 13.9 Å². The van der Waals surface area contributed by atoms with E-state index in [1.807, 2.05) is 17.0 Å². The summed E-state index contributed by atoms with van der Waals surface area (Å²) in [6, 6.07) is 8.25. The van der Waals surface area contributed by atoms with Crippen molar-refractivity contribution >= 4 is 5.91 Å². The summed E-state index contributed by atoms with van der Waals surface area (Å²) in [4.78, 5) is 14.4. The van der Waals surface area contributed by atoms with Gasteiger partial charge in [0.05, 0.1) is 12.5 Å². The molecule has 1 aromatic carbocycles. The van der Waals surface area contributed by atoms with E-state index in [1.165, 1.54) is 5.56 Å². The Balaban J connectivity index is 1.47. The van der Waals surface area contributed by atoms with Crippen LogP contribution in [0.1, 0.15) is 55.5 Å². The molecule has 1 unspecified atom stereocenters. The third kappa shape index (κ3) is 5.89. The first kappa shape index (κ1) is 19.5. The van der Waals surface area contributed by atoms with E-state index in [0.29, 0.717) is 37.6 Å². The second kappa shape index (κ2) is 9.65. The summed E-state index contributed by atoms with van der Waals surface area (Å²) < 4.78 is 11.5. The largest absolute Gasteiger partial charge is 0.425 e. The summed E-state index contributed by atoms with van der Waals surface area (Å²) in [7, 11) is 0. The Labute approximate surface area is 160 Å². The normalized spacial score (nSPS) is 17.3. The minimum Gasteiger partial charge on any atom is -0.425 e. The minimum atomic E-state index is 0.137. The zero-order chi connectivity index (χ0) is 19.1. The van der Waals surface area contributed by atoms with Crippen LogP contribution in [0.2, 0.25) is 0 Å². The maximum Gasteiger partial charge on any atom is 0.223 e. The van der Waals surface area contributed by atoms with E-state index in [2.05, 4.69) is 36.2 Å². The number of aryl methyl sites for hydroxylation is 2. The van der Waals surface area contributed by atoms with Crippen LogP contribution in [-0.4, -0.2) is 46.8 Å². The fraction of sp³-hybridized carbons (Fsp3) is 0.571. The Bertz CT molecular complexity index is 744. The van der Waals surface area contributed by atoms with Crippen LogP contribution < -0.4 is 0 Å². The molecule has 2 aromatic rings. The van der Waals surface area contributed by atoms with E-state index >= 15 is 0 Å². The van der Waals surface area contributed by atoms with Gasteiger partial charge >= 0.3 is 0 Å². The highest BCUT2D eigenvalue weighted by atomic mass is 16.5. The molecule has 1 atom stereocenters. The summed E-state index contributed by atoms with van der Waals surface area (Å²) in [5, 5.41) is 8.21. The van der Waals surface area contributed by atoms with Crippen LogP contribution in [0, 0.1) is 6.92 Å². The smallest absolute Gasteiger partial charge is 0.223 e. The van der Waals surface area contributed by atoms with Gasteiger partial charge in [0.15, 0.2) is 0 Å². The van der Waals surface area contributed by atoms with E-state index in [1.54, 1.807) is 0 Å². The average molecular weight is 371 g/mol. The predicted octanol–water partition coefficient (Wildman–Crippen LogP) is 3.32. The number of amides is 1. The maximum atomic E-state index is 12.5. The van der Waals surface area contributed by atoms with Crippen LogP contribution in [0.3, 0.4) is 0 Å². The van der Waals surface area contributed by atoms with Crippen molar-refractivity contribution in [3.63, 3.8) is 0 Å². The fourth-order valence-electron chi connectivity index (χ4n) is 3.41. The van der Waals surface area contributed by atoms with Gasteiger partial charge in [0.1, 0.15) is 0 Å². The number of likely N-dealkylation sites (tertiary alicyclic amines) is 1. The SMILES string of the molecule is CCCOC1CCCN(C(=O)CCc2nnc(Cc3cccc(C)c3)o2)C1. The van der Waals surface area contributed by atoms with E-state index in [-0.39, 0.29) is 12.0 Å². The van der Waals surface area contributed by atoms with Gasteiger partial charge in [0.2, 0.25) is 17.7 Å². The monoisotopic (exact) mass is 371 g/mol. The number of hydrogen-bond acceptors (Lipinski definition) is 5. The summed E-state index contributed by atoms with van der Waals surface area (Å²) in [5.41, 5.74) is 2.35. The Kier molecular flexibility index (Phi) is 6.98. The molecular weight excluding hydrogens is 342 g/mol. The minimum absolute atomic E-state index is 0.137. The number of carbonyl (C=O) groups is 1. The summed E-state index contributed by atoms with van der Waals surface area (Å²) >= 11 is 0. The lowest BCUT2D eigenvalue weighted by atomic mass is 10.1. The molecule has 1 amide bonds. The molecule has 0 bridgehead atoms. The average Bonchev–Trinajstić information content (AvgIpc) is 3.12. The third-order valence-electron chi connectivity index (χ3n) is 4.79. The van der Waals surface area contributed by atoms with Crippen LogP contribution in [-0.2, 0) is 22.4 Å². The molecule has 0 spiro atoms. The molecule has 0 saturated carbocycles. The summed E-state index contributed by atoms with van der Waals surface area (Å²) in [5.74, 6) is 1.26. The van der Waals surface area contributed by atoms with Crippen molar-refractivity contribution in [1.29, 1.82) is 0 Å². The first-order valence-corrected chi connectivity index (χ1v) is 9.90. The molecule has 146 valence electrons. The summed E-state index contributed by atoms with van der Waals surface area (Å²) in [6.45, 7) is 6.43. The van der Waals surface area contributed by atoms with Gasteiger partial charge in [-0.05, 0) is 31.7 Å². The molecule has 1 fully saturated rings. The van der Waals surface area contributed by atoms with Crippen molar-refractivity contribution in [2.45, 2.75) is 58.5 Å². The van der Waals surface area contributed by atoms with Crippen molar-refractivity contribution in [3.05, 3.63) is 47.2 Å². The van der Waals surface area contributed by atoms with Gasteiger partial charge in [-0.2, -0.15) is 0 Å². The predicted molar refractivity (Wildman–Crippen MR) is 102 cm³/mol. The molecular formula is C21H29N3O3. The molecule has 0 aliphatic carbocycles. The number of benzene rings is 1. The van der Waals surface area contributed by atoms with E-state index < -0.39 is 0 Å². The Morgan fingerprint density at radius 1 is 1.33 bits per heavy atom. The molecule has 6 nitrogen and oxygen atoms in total. The van der Waals surface area contributed by atoms with Crippen molar-refractivity contribution in [2.75, 3.05) is 19.7 Å². The van der Waals surface area contributed by atoms with Crippen LogP contribution in [0.4, 0.5) is 0 Å². The number of nitrogens with zero attached hydrogens (tertiary/aromatic N) is 3. The second-order valence-electron chi connectivity index (χ2n) is 7.23. The molecule has 2 heterocycles. The van der Waals surface area contributed by atoms with Crippen LogP contribution in [0.15, 0.2) is 28.7 Å². The second-order valence-corrected chi connectivity index (χ2v) is 7.23. The topological polar surface area (TPSA) is 68.5 Å². The number of hydrogen-bond donors (Lipinski definition) is 0. The van der Waals surface area contributed by atoms with Crippen LogP contribution in [0.25, 0.3) is 0 Å². The maximum absolute atomic E-state index is 12.5. The molecule has 1 aliphatic rings. The van der Waals surface area contributed by atoms with E-state index in [0.717, 1.165) is 38.0 Å². The number of aromatic nitrogens is 2. The zero-order valence-corrected chi connectivity index (χ0v) is 16.3. The van der Waals surface area contributed by atoms with Gasteiger partial charge in [-0.15, -0.1) is 10.2 Å². The molecule has 27 heavy (non-hydrogen) atoms. The molecule has 1 aliphatic heterocycles. The molecule has 1 saturated heterocycles. The highest BCUT2D eigenvalue weighted by Crippen LogP contribution is 2.16. The van der Waals surface area contributed by atoms with Gasteiger partial charge in [-0.1, -0.05) is 36.8 Å². The highest BCUT2D eigenvalue weighted by Gasteiger charge is 2.24. The van der Waals surface area contributed by atoms with Gasteiger partial charge in [-0.25, -0.2) is 0 Å². The zero-order valence-electron chi connectivity index (χ0n) is 16.3. The number of carbonyl (C=O) groups excluding carboxylic acids is 1. The molecule has 0 N–H and O–H groups in total. The van der Waals surface area contributed by atoms with E-state index in [4.69, 9.17) is 9.15 Å². The van der Waals surface area contributed by atoms with Crippen LogP contribution >= 0.6 is 0 Å². The first-order chi connectivity index (χ1) is 13.1. The third-order valence-corrected chi connectivity index (χ3v) is 4.79. The Hall–Kier alpha value is -2.21. The fourth-order valence-corrected chi connectivity index (χ4v) is 3.41. The Morgan fingerprint density at radius 3 is 3.00 bits per heavy atom. The molecule has 0 radical (unpaired) electrons. The molecule has 1 aromatic heterocycles. The summed E-state index contributed by atoms with van der Waals surface area (Å²) in [6.07, 6.45) is 4.71. The quantitative estimate of drug-likeness (QED) is 0.712. The lowest BCUT2D eigenvalue weighted by Crippen LogP contribution is -2.43. The van der Waals surface area contributed by atoms with Crippen molar-refractivity contribution in [1.82, 2.24) is 15.1 Å². The lowest BCUT2D eigenvalue weighted by molar-refractivity contribution is -0.135. The van der Waals surface area contributed by atoms with Gasteiger partial charge in [-0.3, -0.25) is 4.79 Å². The standard InChI is InChI=1S/C21H29N3O3/c1-3-12-26-18-8-5-11-24(15-18)21(25)10-9-19-22-23-20(27-19)14-17-7-4-6-16(2)13-17/h4,6-7,13,18H,3,5,8-12,14-15H2,1-2H3. The lowest BCUT2D eigenvalue weighted by Gasteiger charge is -2.32. The van der Waals surface area contributed by atoms with Crippen molar-refractivity contribution in [3.8, 4) is 0 Å². The van der Waals surface area contributed by atoms with Crippen LogP contribution in [0.5, 0.6) is 0 Å². The molecule has 6 heteroatoms. The molecule has 3 rings (SSSR count). The highest BCUT2D eigenvalue weighted by molar-refractivity contribution is 5.76. The first-order valence-electron chi connectivity index (χ1n) is 9.90. The number of piperidine rings is 1. The van der Waals surface area contributed by atoms with Crippen molar-refractivity contribution in [2.24, 2.45) is 0 Å².